The first-order valence-electron chi connectivity index (χ1n) is 9.94. The van der Waals surface area contributed by atoms with Gasteiger partial charge in [0.2, 0.25) is 0 Å². The predicted octanol–water partition coefficient (Wildman–Crippen LogP) is 4.29. The van der Waals surface area contributed by atoms with Crippen LogP contribution in [-0.2, 0) is 6.42 Å². The van der Waals surface area contributed by atoms with E-state index >= 15 is 0 Å². The number of rotatable bonds is 4. The molecule has 2 aromatic carbocycles. The second kappa shape index (κ2) is 7.65. The molecule has 5 nitrogen and oxygen atoms in total. The summed E-state index contributed by atoms with van der Waals surface area (Å²) in [6, 6.07) is 13.8. The molecule has 5 heteroatoms. The van der Waals surface area contributed by atoms with Crippen molar-refractivity contribution >= 4 is 11.6 Å². The van der Waals surface area contributed by atoms with E-state index in [1.807, 2.05) is 19.9 Å². The third-order valence-electron chi connectivity index (χ3n) is 5.52. The number of nitriles is 1. The van der Waals surface area contributed by atoms with Crippen molar-refractivity contribution in [3.05, 3.63) is 58.7 Å². The highest BCUT2D eigenvalue weighted by molar-refractivity contribution is 6.04. The number of ether oxygens (including phenoxy) is 1. The van der Waals surface area contributed by atoms with Gasteiger partial charge in [-0.2, -0.15) is 5.26 Å². The molecule has 1 N–H and O–H groups in total. The number of hydrogen-bond donors (Lipinski definition) is 1. The molecule has 1 amide bonds. The maximum absolute atomic E-state index is 12.7. The normalized spacial score (nSPS) is 18.3. The van der Waals surface area contributed by atoms with Gasteiger partial charge in [-0.25, -0.2) is 0 Å². The Kier molecular flexibility index (Phi) is 5.06. The fourth-order valence-electron chi connectivity index (χ4n) is 4.24. The van der Waals surface area contributed by atoms with Gasteiger partial charge in [0.25, 0.3) is 5.91 Å². The quantitative estimate of drug-likeness (QED) is 0.866. The van der Waals surface area contributed by atoms with Crippen LogP contribution in [0, 0.1) is 11.3 Å². The third kappa shape index (κ3) is 3.61. The molecule has 144 valence electrons. The molecule has 0 saturated carbocycles. The van der Waals surface area contributed by atoms with E-state index in [2.05, 4.69) is 28.4 Å². The Hall–Kier alpha value is -2.84. The van der Waals surface area contributed by atoms with Gasteiger partial charge in [0.15, 0.2) is 0 Å². The van der Waals surface area contributed by atoms with E-state index in [-0.39, 0.29) is 12.0 Å². The highest BCUT2D eigenvalue weighted by atomic mass is 16.5. The Morgan fingerprint density at radius 2 is 2.11 bits per heavy atom. The number of carbonyl (C=O) groups is 1. The summed E-state index contributed by atoms with van der Waals surface area (Å²) in [5, 5.41) is 12.4. The maximum Gasteiger partial charge on any atom is 0.255 e. The molecule has 28 heavy (non-hydrogen) atoms. The van der Waals surface area contributed by atoms with E-state index in [4.69, 9.17) is 4.74 Å². The van der Waals surface area contributed by atoms with Crippen LogP contribution in [0.4, 0.5) is 5.69 Å². The molecular formula is C23H25N3O2. The van der Waals surface area contributed by atoms with Crippen molar-refractivity contribution < 1.29 is 9.53 Å². The SMILES string of the molecule is CC(C)Oc1ccc(C(=O)Nc2ccc3c(c2)C2CCCN2CC3)cc1C#N. The van der Waals surface area contributed by atoms with Gasteiger partial charge < -0.3 is 10.1 Å². The minimum absolute atomic E-state index is 0.0302. The standard InChI is InChI=1S/C23H25N3O2/c1-15(2)28-22-8-6-17(12-18(22)14-24)23(27)25-19-7-5-16-9-11-26-10-3-4-21(26)20(16)13-19/h5-8,12-13,15,21H,3-4,9-11H2,1-2H3,(H,25,27). The molecule has 0 aliphatic carbocycles. The fraction of sp³-hybridized carbons (Fsp3) is 0.391. The second-order valence-electron chi connectivity index (χ2n) is 7.80. The average Bonchev–Trinajstić information content (AvgIpc) is 3.17. The third-order valence-corrected chi connectivity index (χ3v) is 5.52. The second-order valence-corrected chi connectivity index (χ2v) is 7.80. The number of hydrogen-bond acceptors (Lipinski definition) is 4. The molecule has 1 saturated heterocycles. The zero-order valence-electron chi connectivity index (χ0n) is 16.4. The van der Waals surface area contributed by atoms with Crippen molar-refractivity contribution in [3.8, 4) is 11.8 Å². The first-order valence-corrected chi connectivity index (χ1v) is 9.94. The van der Waals surface area contributed by atoms with Crippen molar-refractivity contribution in [1.82, 2.24) is 4.90 Å². The van der Waals surface area contributed by atoms with Crippen LogP contribution in [0.3, 0.4) is 0 Å². The molecule has 2 aliphatic heterocycles. The number of fused-ring (bicyclic) bond motifs is 3. The fourth-order valence-corrected chi connectivity index (χ4v) is 4.24. The number of carbonyl (C=O) groups excluding carboxylic acids is 1. The summed E-state index contributed by atoms with van der Waals surface area (Å²) in [5.41, 5.74) is 4.36. The maximum atomic E-state index is 12.7. The van der Waals surface area contributed by atoms with E-state index in [1.165, 1.54) is 30.5 Å². The highest BCUT2D eigenvalue weighted by Crippen LogP contribution is 2.38. The topological polar surface area (TPSA) is 65.4 Å². The average molecular weight is 375 g/mol. The zero-order chi connectivity index (χ0) is 19.7. The summed E-state index contributed by atoms with van der Waals surface area (Å²) >= 11 is 0. The lowest BCUT2D eigenvalue weighted by atomic mass is 9.92. The predicted molar refractivity (Wildman–Crippen MR) is 109 cm³/mol. The molecule has 1 unspecified atom stereocenters. The molecule has 2 heterocycles. The first kappa shape index (κ1) is 18.5. The largest absolute Gasteiger partial charge is 0.490 e. The molecule has 1 fully saturated rings. The summed E-state index contributed by atoms with van der Waals surface area (Å²) < 4.78 is 5.63. The van der Waals surface area contributed by atoms with Gasteiger partial charge in [-0.05, 0) is 81.1 Å². The van der Waals surface area contributed by atoms with Crippen molar-refractivity contribution in [2.45, 2.75) is 45.3 Å². The smallest absolute Gasteiger partial charge is 0.255 e. The molecular weight excluding hydrogens is 350 g/mol. The van der Waals surface area contributed by atoms with E-state index in [0.29, 0.717) is 22.9 Å². The molecule has 4 rings (SSSR count). The Labute approximate surface area is 165 Å². The van der Waals surface area contributed by atoms with Gasteiger partial charge in [-0.3, -0.25) is 9.69 Å². The van der Waals surface area contributed by atoms with Gasteiger partial charge in [0.05, 0.1) is 11.7 Å². The Balaban J connectivity index is 1.54. The summed E-state index contributed by atoms with van der Waals surface area (Å²) in [4.78, 5) is 15.3. The molecule has 0 spiro atoms. The van der Waals surface area contributed by atoms with Crippen LogP contribution in [0.15, 0.2) is 36.4 Å². The Morgan fingerprint density at radius 3 is 2.89 bits per heavy atom. The lowest BCUT2D eigenvalue weighted by molar-refractivity contribution is 0.102. The minimum Gasteiger partial charge on any atom is -0.490 e. The number of benzene rings is 2. The van der Waals surface area contributed by atoms with Crippen molar-refractivity contribution in [1.29, 1.82) is 5.26 Å². The van der Waals surface area contributed by atoms with Gasteiger partial charge in [0.1, 0.15) is 11.8 Å². The number of nitrogens with zero attached hydrogens (tertiary/aromatic N) is 2. The summed E-state index contributed by atoms with van der Waals surface area (Å²) in [5.74, 6) is 0.288. The lowest BCUT2D eigenvalue weighted by Crippen LogP contribution is -2.31. The zero-order valence-corrected chi connectivity index (χ0v) is 16.4. The van der Waals surface area contributed by atoms with Crippen molar-refractivity contribution in [3.63, 3.8) is 0 Å². The summed E-state index contributed by atoms with van der Waals surface area (Å²) in [6.45, 7) is 6.11. The van der Waals surface area contributed by atoms with Gasteiger partial charge in [0, 0.05) is 23.8 Å². The number of nitrogens with one attached hydrogen (secondary N) is 1. The molecule has 2 aromatic rings. The first-order chi connectivity index (χ1) is 13.5. The van der Waals surface area contributed by atoms with Gasteiger partial charge in [-0.1, -0.05) is 6.07 Å². The van der Waals surface area contributed by atoms with Crippen LogP contribution in [0.25, 0.3) is 0 Å². The molecule has 2 aliphatic rings. The number of amides is 1. The molecule has 0 aromatic heterocycles. The van der Waals surface area contributed by atoms with E-state index < -0.39 is 0 Å². The van der Waals surface area contributed by atoms with E-state index in [1.54, 1.807) is 18.2 Å². The van der Waals surface area contributed by atoms with Crippen molar-refractivity contribution in [2.24, 2.45) is 0 Å². The monoisotopic (exact) mass is 375 g/mol. The Bertz CT molecular complexity index is 945. The summed E-state index contributed by atoms with van der Waals surface area (Å²) in [7, 11) is 0. The minimum atomic E-state index is -0.216. The van der Waals surface area contributed by atoms with Crippen LogP contribution in [0.1, 0.15) is 59.8 Å². The lowest BCUT2D eigenvalue weighted by Gasteiger charge is -2.32. The van der Waals surface area contributed by atoms with E-state index in [9.17, 15) is 10.1 Å². The van der Waals surface area contributed by atoms with E-state index in [0.717, 1.165) is 18.7 Å². The van der Waals surface area contributed by atoms with Gasteiger partial charge in [-0.15, -0.1) is 0 Å². The van der Waals surface area contributed by atoms with Crippen LogP contribution < -0.4 is 10.1 Å². The summed E-state index contributed by atoms with van der Waals surface area (Å²) in [6.07, 6.45) is 3.47. The Morgan fingerprint density at radius 1 is 1.25 bits per heavy atom. The van der Waals surface area contributed by atoms with Crippen molar-refractivity contribution in [2.75, 3.05) is 18.4 Å². The highest BCUT2D eigenvalue weighted by Gasteiger charge is 2.31. The van der Waals surface area contributed by atoms with Crippen LogP contribution in [0.5, 0.6) is 5.75 Å². The molecule has 0 bridgehead atoms. The van der Waals surface area contributed by atoms with Crippen LogP contribution >= 0.6 is 0 Å². The van der Waals surface area contributed by atoms with Crippen LogP contribution in [-0.4, -0.2) is 30.0 Å². The molecule has 0 radical (unpaired) electrons. The number of anilines is 1. The van der Waals surface area contributed by atoms with Gasteiger partial charge >= 0.3 is 0 Å². The molecule has 1 atom stereocenters. The van der Waals surface area contributed by atoms with Crippen LogP contribution in [0.2, 0.25) is 0 Å².